The maximum Gasteiger partial charge on any atom is 0.138 e. The van der Waals surface area contributed by atoms with Crippen molar-refractivity contribution in [1.82, 2.24) is 0 Å². The first-order chi connectivity index (χ1) is 30.3. The molecule has 0 bridgehead atoms. The quantitative estimate of drug-likeness (QED) is 0.173. The Kier molecular flexibility index (Phi) is 7.26. The molecule has 2 heteroatoms. The summed E-state index contributed by atoms with van der Waals surface area (Å²) in [4.78, 5) is 2.43. The number of anilines is 3. The van der Waals surface area contributed by atoms with Gasteiger partial charge in [0, 0.05) is 28.2 Å². The van der Waals surface area contributed by atoms with E-state index in [1.165, 1.54) is 66.4 Å². The van der Waals surface area contributed by atoms with Crippen molar-refractivity contribution >= 4 is 49.8 Å². The van der Waals surface area contributed by atoms with Gasteiger partial charge in [-0.1, -0.05) is 182 Å². The van der Waals surface area contributed by atoms with Gasteiger partial charge in [0.15, 0.2) is 0 Å². The lowest BCUT2D eigenvalue weighted by molar-refractivity contribution is 0.669. The maximum absolute atomic E-state index is 6.91. The van der Waals surface area contributed by atoms with E-state index in [9.17, 15) is 0 Å². The summed E-state index contributed by atoms with van der Waals surface area (Å²) in [7, 11) is 0. The number of nitrogens with zero attached hydrogens (tertiary/aromatic N) is 1. The molecule has 13 rings (SSSR count). The summed E-state index contributed by atoms with van der Waals surface area (Å²) in [6, 6.07) is 82.2. The second kappa shape index (κ2) is 13.0. The molecule has 0 aliphatic heterocycles. The summed E-state index contributed by atoms with van der Waals surface area (Å²) >= 11 is 0. The molecule has 0 unspecified atom stereocenters. The van der Waals surface area contributed by atoms with Crippen LogP contribution in [0.4, 0.5) is 17.1 Å². The predicted molar refractivity (Wildman–Crippen MR) is 253 cm³/mol. The van der Waals surface area contributed by atoms with Crippen molar-refractivity contribution in [3.8, 4) is 44.5 Å². The highest BCUT2D eigenvalue weighted by Crippen LogP contribution is 2.63. The molecular weight excluding hydrogens is 739 g/mol. The third kappa shape index (κ3) is 4.85. The van der Waals surface area contributed by atoms with E-state index in [0.717, 1.165) is 50.1 Å². The molecule has 2 aliphatic carbocycles. The second-order valence-corrected chi connectivity index (χ2v) is 16.4. The van der Waals surface area contributed by atoms with E-state index in [1.807, 2.05) is 0 Å². The molecule has 0 N–H and O–H groups in total. The lowest BCUT2D eigenvalue weighted by atomic mass is 9.70. The smallest absolute Gasteiger partial charge is 0.138 e. The van der Waals surface area contributed by atoms with Crippen molar-refractivity contribution in [2.24, 2.45) is 0 Å². The number of benzene rings is 10. The molecule has 0 amide bonds. The van der Waals surface area contributed by atoms with Gasteiger partial charge in [0.2, 0.25) is 0 Å². The van der Waals surface area contributed by atoms with Gasteiger partial charge in [-0.25, -0.2) is 0 Å². The number of hydrogen-bond donors (Lipinski definition) is 0. The molecular formula is C59H37NO. The molecule has 284 valence electrons. The molecule has 2 aliphatic rings. The van der Waals surface area contributed by atoms with Crippen molar-refractivity contribution in [3.63, 3.8) is 0 Å². The van der Waals surface area contributed by atoms with E-state index >= 15 is 0 Å². The maximum atomic E-state index is 6.91. The van der Waals surface area contributed by atoms with Gasteiger partial charge >= 0.3 is 0 Å². The first-order valence-electron chi connectivity index (χ1n) is 21.1. The standard InChI is InChI=1S/C59H37NO/c1-3-15-38(16-4-1)39-27-30-42(31-28-39)60(44-35-50(40-17-5-2-6-18-40)58-56(37-44)61-55-34-29-41-19-7-8-20-45(41)57(55)58)43-32-33-49-48-23-11-14-26-53(48)59(54(49)36-43)51-24-12-9-21-46(51)47-22-10-13-25-52(47)59/h1-37H. The van der Waals surface area contributed by atoms with Gasteiger partial charge in [-0.2, -0.15) is 0 Å². The molecule has 2 nitrogen and oxygen atoms in total. The van der Waals surface area contributed by atoms with Crippen LogP contribution in [0.2, 0.25) is 0 Å². The van der Waals surface area contributed by atoms with Crippen LogP contribution in [0.3, 0.4) is 0 Å². The largest absolute Gasteiger partial charge is 0.456 e. The van der Waals surface area contributed by atoms with E-state index in [4.69, 9.17) is 4.42 Å². The zero-order valence-electron chi connectivity index (χ0n) is 33.2. The first-order valence-corrected chi connectivity index (χ1v) is 21.1. The molecule has 10 aromatic carbocycles. The van der Waals surface area contributed by atoms with Gasteiger partial charge in [0.1, 0.15) is 11.2 Å². The van der Waals surface area contributed by atoms with Crippen LogP contribution in [0.25, 0.3) is 77.2 Å². The molecule has 11 aromatic rings. The molecule has 0 atom stereocenters. The molecule has 0 fully saturated rings. The highest BCUT2D eigenvalue weighted by molar-refractivity contribution is 6.23. The van der Waals surface area contributed by atoms with Crippen LogP contribution in [0, 0.1) is 0 Å². The Labute approximate surface area is 354 Å². The van der Waals surface area contributed by atoms with E-state index < -0.39 is 5.41 Å². The topological polar surface area (TPSA) is 16.4 Å². The predicted octanol–water partition coefficient (Wildman–Crippen LogP) is 15.9. The Morgan fingerprint density at radius 3 is 1.52 bits per heavy atom. The molecule has 0 saturated heterocycles. The highest BCUT2D eigenvalue weighted by atomic mass is 16.3. The van der Waals surface area contributed by atoms with Crippen LogP contribution < -0.4 is 4.90 Å². The minimum atomic E-state index is -0.461. The summed E-state index contributed by atoms with van der Waals surface area (Å²) in [5, 5.41) is 4.67. The summed E-state index contributed by atoms with van der Waals surface area (Å²) < 4.78 is 6.91. The Hall–Kier alpha value is -7.94. The second-order valence-electron chi connectivity index (χ2n) is 16.4. The van der Waals surface area contributed by atoms with Gasteiger partial charge in [-0.05, 0) is 114 Å². The molecule has 1 spiro atoms. The summed E-state index contributed by atoms with van der Waals surface area (Å²) in [5.74, 6) is 0. The third-order valence-corrected chi connectivity index (χ3v) is 13.3. The van der Waals surface area contributed by atoms with Crippen LogP contribution in [0.5, 0.6) is 0 Å². The zero-order chi connectivity index (χ0) is 40.1. The number of hydrogen-bond acceptors (Lipinski definition) is 2. The van der Waals surface area contributed by atoms with E-state index in [2.05, 4.69) is 229 Å². The van der Waals surface area contributed by atoms with Gasteiger partial charge in [0.25, 0.3) is 0 Å². The van der Waals surface area contributed by atoms with Crippen LogP contribution in [0.15, 0.2) is 229 Å². The lowest BCUT2D eigenvalue weighted by Gasteiger charge is -2.32. The summed E-state index contributed by atoms with van der Waals surface area (Å²) in [6.07, 6.45) is 0. The fraction of sp³-hybridized carbons (Fsp3) is 0.0169. The minimum absolute atomic E-state index is 0.461. The van der Waals surface area contributed by atoms with Gasteiger partial charge in [-0.3, -0.25) is 0 Å². The van der Waals surface area contributed by atoms with Crippen molar-refractivity contribution in [3.05, 3.63) is 247 Å². The van der Waals surface area contributed by atoms with Crippen LogP contribution >= 0.6 is 0 Å². The monoisotopic (exact) mass is 775 g/mol. The van der Waals surface area contributed by atoms with Crippen molar-refractivity contribution in [2.45, 2.75) is 5.41 Å². The number of rotatable bonds is 5. The van der Waals surface area contributed by atoms with Gasteiger partial charge in [-0.15, -0.1) is 0 Å². The van der Waals surface area contributed by atoms with Crippen LogP contribution in [0.1, 0.15) is 22.3 Å². The molecule has 1 aromatic heterocycles. The number of fused-ring (bicyclic) bond motifs is 15. The minimum Gasteiger partial charge on any atom is -0.456 e. The Morgan fingerprint density at radius 1 is 0.311 bits per heavy atom. The summed E-state index contributed by atoms with van der Waals surface area (Å²) in [6.45, 7) is 0. The Bertz CT molecular complexity index is 3460. The lowest BCUT2D eigenvalue weighted by Crippen LogP contribution is -2.26. The van der Waals surface area contributed by atoms with Crippen molar-refractivity contribution in [2.75, 3.05) is 4.90 Å². The fourth-order valence-electron chi connectivity index (χ4n) is 10.7. The molecule has 1 heterocycles. The average molecular weight is 776 g/mol. The van der Waals surface area contributed by atoms with E-state index in [-0.39, 0.29) is 0 Å². The normalized spacial score (nSPS) is 13.0. The molecule has 0 radical (unpaired) electrons. The molecule has 61 heavy (non-hydrogen) atoms. The summed E-state index contributed by atoms with van der Waals surface area (Å²) in [5.41, 5.74) is 19.6. The molecule has 0 saturated carbocycles. The Balaban J connectivity index is 1.10. The highest BCUT2D eigenvalue weighted by Gasteiger charge is 2.51. The van der Waals surface area contributed by atoms with Crippen LogP contribution in [-0.2, 0) is 5.41 Å². The van der Waals surface area contributed by atoms with Crippen molar-refractivity contribution < 1.29 is 4.42 Å². The average Bonchev–Trinajstić information content (AvgIpc) is 3.96. The van der Waals surface area contributed by atoms with Crippen LogP contribution in [-0.4, -0.2) is 0 Å². The fourth-order valence-corrected chi connectivity index (χ4v) is 10.7. The third-order valence-electron chi connectivity index (χ3n) is 13.3. The van der Waals surface area contributed by atoms with Crippen molar-refractivity contribution in [1.29, 1.82) is 0 Å². The SMILES string of the molecule is c1ccc(-c2ccc(N(c3ccc4c(c3)C3(c5ccccc5-c5ccccc53)c3ccccc3-4)c3cc(-c4ccccc4)c4c(c3)oc3ccc5ccccc5c34)cc2)cc1. The van der Waals surface area contributed by atoms with E-state index in [0.29, 0.717) is 0 Å². The first kappa shape index (κ1) is 34.0. The van der Waals surface area contributed by atoms with Gasteiger partial charge in [0.05, 0.1) is 11.1 Å². The number of furan rings is 1. The Morgan fingerprint density at radius 2 is 0.852 bits per heavy atom. The zero-order valence-corrected chi connectivity index (χ0v) is 33.2. The van der Waals surface area contributed by atoms with E-state index in [1.54, 1.807) is 0 Å². The van der Waals surface area contributed by atoms with Gasteiger partial charge < -0.3 is 9.32 Å².